The topological polar surface area (TPSA) is 58.6 Å². The molecule has 0 aliphatic carbocycles. The molecule has 136 valence electrons. The minimum absolute atomic E-state index is 0.0731. The number of benzene rings is 2. The van der Waals surface area contributed by atoms with Crippen molar-refractivity contribution in [3.05, 3.63) is 59.9 Å². The quantitative estimate of drug-likeness (QED) is 0.866. The molecule has 1 fully saturated rings. The van der Waals surface area contributed by atoms with Gasteiger partial charge >= 0.3 is 0 Å². The monoisotopic (exact) mass is 356 g/mol. The summed E-state index contributed by atoms with van der Waals surface area (Å²) in [6, 6.07) is 13.2. The van der Waals surface area contributed by atoms with Crippen molar-refractivity contribution < 1.29 is 18.7 Å². The summed E-state index contributed by atoms with van der Waals surface area (Å²) in [6.45, 7) is 3.15. The molecule has 1 heterocycles. The maximum atomic E-state index is 12.9. The van der Waals surface area contributed by atoms with E-state index in [-0.39, 0.29) is 24.1 Å². The van der Waals surface area contributed by atoms with Crippen molar-refractivity contribution in [2.24, 2.45) is 5.92 Å². The van der Waals surface area contributed by atoms with Gasteiger partial charge < -0.3 is 15.0 Å². The van der Waals surface area contributed by atoms with E-state index in [0.717, 1.165) is 17.0 Å². The summed E-state index contributed by atoms with van der Waals surface area (Å²) in [4.78, 5) is 26.3. The van der Waals surface area contributed by atoms with Gasteiger partial charge in [0.15, 0.2) is 0 Å². The number of ether oxygens (including phenoxy) is 1. The van der Waals surface area contributed by atoms with Crippen LogP contribution in [0, 0.1) is 11.7 Å². The summed E-state index contributed by atoms with van der Waals surface area (Å²) in [5.41, 5.74) is 1.57. The highest BCUT2D eigenvalue weighted by Gasteiger charge is 2.34. The van der Waals surface area contributed by atoms with Crippen molar-refractivity contribution in [3.63, 3.8) is 0 Å². The van der Waals surface area contributed by atoms with Gasteiger partial charge in [0.1, 0.15) is 11.6 Å². The fraction of sp³-hybridized carbons (Fsp3) is 0.300. The number of hydrogen-bond donors (Lipinski definition) is 1. The van der Waals surface area contributed by atoms with Crippen LogP contribution >= 0.6 is 0 Å². The Labute approximate surface area is 151 Å². The van der Waals surface area contributed by atoms with Crippen LogP contribution in [-0.2, 0) is 16.1 Å². The standard InChI is InChI=1S/C20H21FN2O3/c1-2-26-18-9-7-17(8-10-18)23-13-15(11-19(23)24)20(25)22-12-14-3-5-16(21)6-4-14/h3-10,15H,2,11-13H2,1H3,(H,22,25)/t15-/m0/s1. The normalized spacial score (nSPS) is 16.6. The molecule has 1 N–H and O–H groups in total. The molecule has 0 bridgehead atoms. The van der Waals surface area contributed by atoms with E-state index in [1.54, 1.807) is 17.0 Å². The van der Waals surface area contributed by atoms with Crippen LogP contribution in [0.3, 0.4) is 0 Å². The Morgan fingerprint density at radius 2 is 1.88 bits per heavy atom. The number of nitrogens with zero attached hydrogens (tertiary/aromatic N) is 1. The highest BCUT2D eigenvalue weighted by atomic mass is 19.1. The number of carbonyl (C=O) groups is 2. The number of hydrogen-bond acceptors (Lipinski definition) is 3. The zero-order valence-corrected chi connectivity index (χ0v) is 14.6. The van der Waals surface area contributed by atoms with Gasteiger partial charge in [-0.1, -0.05) is 12.1 Å². The lowest BCUT2D eigenvalue weighted by Crippen LogP contribution is -2.32. The van der Waals surface area contributed by atoms with Gasteiger partial charge in [-0.2, -0.15) is 0 Å². The molecule has 0 saturated carbocycles. The van der Waals surface area contributed by atoms with Crippen molar-refractivity contribution in [2.75, 3.05) is 18.1 Å². The second kappa shape index (κ2) is 7.99. The molecule has 1 aliphatic heterocycles. The minimum atomic E-state index is -0.394. The highest BCUT2D eigenvalue weighted by Crippen LogP contribution is 2.27. The Hall–Kier alpha value is -2.89. The number of anilines is 1. The molecule has 5 nitrogen and oxygen atoms in total. The van der Waals surface area contributed by atoms with Gasteiger partial charge in [-0.15, -0.1) is 0 Å². The van der Waals surface area contributed by atoms with Crippen LogP contribution in [0.25, 0.3) is 0 Å². The minimum Gasteiger partial charge on any atom is -0.494 e. The van der Waals surface area contributed by atoms with Crippen LogP contribution < -0.4 is 15.0 Å². The molecule has 0 radical (unpaired) electrons. The van der Waals surface area contributed by atoms with Crippen molar-refractivity contribution in [2.45, 2.75) is 19.9 Å². The van der Waals surface area contributed by atoms with E-state index in [1.165, 1.54) is 12.1 Å². The van der Waals surface area contributed by atoms with E-state index in [1.807, 2.05) is 31.2 Å². The first kappa shape index (κ1) is 17.9. The third kappa shape index (κ3) is 4.20. The molecule has 26 heavy (non-hydrogen) atoms. The maximum Gasteiger partial charge on any atom is 0.227 e. The third-order valence-corrected chi connectivity index (χ3v) is 4.34. The fourth-order valence-corrected chi connectivity index (χ4v) is 2.96. The van der Waals surface area contributed by atoms with Gasteiger partial charge in [-0.3, -0.25) is 9.59 Å². The highest BCUT2D eigenvalue weighted by molar-refractivity contribution is 6.00. The lowest BCUT2D eigenvalue weighted by Gasteiger charge is -2.17. The second-order valence-corrected chi connectivity index (χ2v) is 6.18. The average Bonchev–Trinajstić information content (AvgIpc) is 3.04. The first-order valence-corrected chi connectivity index (χ1v) is 8.62. The predicted octanol–water partition coefficient (Wildman–Crippen LogP) is 2.89. The molecule has 1 saturated heterocycles. The van der Waals surface area contributed by atoms with Crippen LogP contribution in [0.2, 0.25) is 0 Å². The third-order valence-electron chi connectivity index (χ3n) is 4.34. The molecule has 0 aromatic heterocycles. The molecular weight excluding hydrogens is 335 g/mol. The van der Waals surface area contributed by atoms with Gasteiger partial charge in [0.2, 0.25) is 11.8 Å². The van der Waals surface area contributed by atoms with E-state index >= 15 is 0 Å². The van der Waals surface area contributed by atoms with Crippen LogP contribution in [0.4, 0.5) is 10.1 Å². The summed E-state index contributed by atoms with van der Waals surface area (Å²) in [5.74, 6) is -0.203. The number of nitrogens with one attached hydrogen (secondary N) is 1. The fourth-order valence-electron chi connectivity index (χ4n) is 2.96. The molecule has 3 rings (SSSR count). The van der Waals surface area contributed by atoms with Gasteiger partial charge in [-0.05, 0) is 48.9 Å². The Morgan fingerprint density at radius 1 is 1.19 bits per heavy atom. The molecule has 1 atom stereocenters. The molecule has 6 heteroatoms. The van der Waals surface area contributed by atoms with Crippen LogP contribution in [-0.4, -0.2) is 25.0 Å². The van der Waals surface area contributed by atoms with Crippen molar-refractivity contribution in [1.29, 1.82) is 0 Å². The Balaban J connectivity index is 1.57. The number of carbonyl (C=O) groups excluding carboxylic acids is 2. The molecule has 2 amide bonds. The second-order valence-electron chi connectivity index (χ2n) is 6.18. The summed E-state index contributed by atoms with van der Waals surface area (Å²) in [6.07, 6.45) is 0.183. The Kier molecular flexibility index (Phi) is 5.51. The van der Waals surface area contributed by atoms with E-state index in [9.17, 15) is 14.0 Å². The summed E-state index contributed by atoms with van der Waals surface area (Å²) >= 11 is 0. The zero-order valence-electron chi connectivity index (χ0n) is 14.6. The molecule has 0 spiro atoms. The Morgan fingerprint density at radius 3 is 2.54 bits per heavy atom. The van der Waals surface area contributed by atoms with E-state index in [4.69, 9.17) is 4.74 Å². The van der Waals surface area contributed by atoms with E-state index < -0.39 is 5.92 Å². The summed E-state index contributed by atoms with van der Waals surface area (Å²) in [5, 5.41) is 2.82. The smallest absolute Gasteiger partial charge is 0.227 e. The average molecular weight is 356 g/mol. The van der Waals surface area contributed by atoms with Gasteiger partial charge in [0.05, 0.1) is 12.5 Å². The molecule has 2 aromatic carbocycles. The largest absolute Gasteiger partial charge is 0.494 e. The maximum absolute atomic E-state index is 12.9. The van der Waals surface area contributed by atoms with E-state index in [2.05, 4.69) is 5.32 Å². The van der Waals surface area contributed by atoms with Crippen molar-refractivity contribution in [1.82, 2.24) is 5.32 Å². The van der Waals surface area contributed by atoms with Crippen LogP contribution in [0.1, 0.15) is 18.9 Å². The van der Waals surface area contributed by atoms with Gasteiger partial charge in [0.25, 0.3) is 0 Å². The van der Waals surface area contributed by atoms with Crippen LogP contribution in [0.5, 0.6) is 5.75 Å². The first-order chi connectivity index (χ1) is 12.6. The summed E-state index contributed by atoms with van der Waals surface area (Å²) < 4.78 is 18.3. The lowest BCUT2D eigenvalue weighted by molar-refractivity contribution is -0.126. The number of amides is 2. The SMILES string of the molecule is CCOc1ccc(N2C[C@@H](C(=O)NCc3ccc(F)cc3)CC2=O)cc1. The molecular formula is C20H21FN2O3. The van der Waals surface area contributed by atoms with Crippen molar-refractivity contribution >= 4 is 17.5 Å². The number of halogens is 1. The predicted molar refractivity (Wildman–Crippen MR) is 96.3 cm³/mol. The number of rotatable bonds is 6. The molecule has 2 aromatic rings. The zero-order chi connectivity index (χ0) is 18.5. The molecule has 0 unspecified atom stereocenters. The van der Waals surface area contributed by atoms with Crippen molar-refractivity contribution in [3.8, 4) is 5.75 Å². The summed E-state index contributed by atoms with van der Waals surface area (Å²) in [7, 11) is 0. The lowest BCUT2D eigenvalue weighted by atomic mass is 10.1. The van der Waals surface area contributed by atoms with Gasteiger partial charge in [-0.25, -0.2) is 4.39 Å². The van der Waals surface area contributed by atoms with Crippen LogP contribution in [0.15, 0.2) is 48.5 Å². The van der Waals surface area contributed by atoms with Gasteiger partial charge in [0, 0.05) is 25.2 Å². The molecule has 1 aliphatic rings. The first-order valence-electron chi connectivity index (χ1n) is 8.62. The van der Waals surface area contributed by atoms with E-state index in [0.29, 0.717) is 19.7 Å². The Bertz CT molecular complexity index is 775.